The fourth-order valence-electron chi connectivity index (χ4n) is 3.03. The molecular weight excluding hydrogens is 350 g/mol. The molecule has 1 aliphatic rings. The van der Waals surface area contributed by atoms with Crippen molar-refractivity contribution >= 4 is 28.8 Å². The average molecular weight is 367 g/mol. The molecule has 2 amide bonds. The molecule has 4 rings (SSSR count). The van der Waals surface area contributed by atoms with Crippen molar-refractivity contribution in [3.05, 3.63) is 58.1 Å². The number of para-hydroxylation sites is 1. The number of benzene rings is 1. The van der Waals surface area contributed by atoms with Crippen molar-refractivity contribution < 1.29 is 14.0 Å². The van der Waals surface area contributed by atoms with Gasteiger partial charge >= 0.3 is 0 Å². The van der Waals surface area contributed by atoms with Crippen molar-refractivity contribution in [3.8, 4) is 11.5 Å². The van der Waals surface area contributed by atoms with Gasteiger partial charge in [0.05, 0.1) is 17.5 Å². The van der Waals surface area contributed by atoms with E-state index >= 15 is 0 Å². The molecule has 1 aliphatic heterocycles. The molecule has 26 heavy (non-hydrogen) atoms. The summed E-state index contributed by atoms with van der Waals surface area (Å²) in [5.74, 6) is 0.502. The van der Waals surface area contributed by atoms with Gasteiger partial charge < -0.3 is 15.1 Å². The van der Waals surface area contributed by atoms with E-state index in [1.165, 1.54) is 0 Å². The SMILES string of the molecule is Cc1nc(-c2ccc(CNC(=O)C3CC(=O)Nc4ccccc43)o2)cs1. The van der Waals surface area contributed by atoms with Gasteiger partial charge in [-0.1, -0.05) is 18.2 Å². The lowest BCUT2D eigenvalue weighted by molar-refractivity contribution is -0.126. The van der Waals surface area contributed by atoms with Gasteiger partial charge in [0, 0.05) is 17.5 Å². The summed E-state index contributed by atoms with van der Waals surface area (Å²) in [4.78, 5) is 28.9. The molecule has 0 saturated heterocycles. The van der Waals surface area contributed by atoms with Gasteiger partial charge in [0.2, 0.25) is 11.8 Å². The minimum Gasteiger partial charge on any atom is -0.458 e. The summed E-state index contributed by atoms with van der Waals surface area (Å²) >= 11 is 1.56. The summed E-state index contributed by atoms with van der Waals surface area (Å²) in [6, 6.07) is 11.1. The molecule has 3 heterocycles. The van der Waals surface area contributed by atoms with Gasteiger partial charge in [-0.2, -0.15) is 0 Å². The normalized spacial score (nSPS) is 16.0. The van der Waals surface area contributed by atoms with E-state index in [0.29, 0.717) is 17.2 Å². The van der Waals surface area contributed by atoms with E-state index < -0.39 is 5.92 Å². The van der Waals surface area contributed by atoms with Crippen LogP contribution < -0.4 is 10.6 Å². The third-order valence-corrected chi connectivity index (χ3v) is 5.06. The minimum absolute atomic E-state index is 0.143. The number of aryl methyl sites for hydroxylation is 1. The average Bonchev–Trinajstić information content (AvgIpc) is 3.27. The van der Waals surface area contributed by atoms with E-state index in [0.717, 1.165) is 16.3 Å². The highest BCUT2D eigenvalue weighted by Gasteiger charge is 2.30. The second kappa shape index (κ2) is 6.76. The van der Waals surface area contributed by atoms with Gasteiger partial charge in [-0.15, -0.1) is 11.3 Å². The number of anilines is 1. The molecule has 0 bridgehead atoms. The monoisotopic (exact) mass is 367 g/mol. The summed E-state index contributed by atoms with van der Waals surface area (Å²) < 4.78 is 5.76. The van der Waals surface area contributed by atoms with E-state index in [9.17, 15) is 9.59 Å². The first-order valence-electron chi connectivity index (χ1n) is 8.28. The van der Waals surface area contributed by atoms with E-state index in [4.69, 9.17) is 4.42 Å². The van der Waals surface area contributed by atoms with Crippen molar-refractivity contribution in [1.82, 2.24) is 10.3 Å². The summed E-state index contributed by atoms with van der Waals surface area (Å²) in [7, 11) is 0. The Labute approximate surface area is 154 Å². The fourth-order valence-corrected chi connectivity index (χ4v) is 3.63. The topological polar surface area (TPSA) is 84.2 Å². The first-order valence-corrected chi connectivity index (χ1v) is 9.16. The second-order valence-corrected chi connectivity index (χ2v) is 7.19. The Morgan fingerprint density at radius 3 is 3.00 bits per heavy atom. The number of rotatable bonds is 4. The highest BCUT2D eigenvalue weighted by molar-refractivity contribution is 7.09. The number of hydrogen-bond acceptors (Lipinski definition) is 5. The molecule has 6 nitrogen and oxygen atoms in total. The number of nitrogens with one attached hydrogen (secondary N) is 2. The maximum atomic E-state index is 12.6. The lowest BCUT2D eigenvalue weighted by Crippen LogP contribution is -2.34. The molecule has 1 unspecified atom stereocenters. The zero-order valence-electron chi connectivity index (χ0n) is 14.1. The lowest BCUT2D eigenvalue weighted by Gasteiger charge is -2.24. The molecule has 0 saturated carbocycles. The van der Waals surface area contributed by atoms with Crippen molar-refractivity contribution in [2.75, 3.05) is 5.32 Å². The second-order valence-electron chi connectivity index (χ2n) is 6.13. The fraction of sp³-hybridized carbons (Fsp3) is 0.211. The molecule has 0 spiro atoms. The molecule has 0 fully saturated rings. The van der Waals surface area contributed by atoms with Crippen LogP contribution in [0, 0.1) is 6.92 Å². The minimum atomic E-state index is -0.490. The smallest absolute Gasteiger partial charge is 0.228 e. The van der Waals surface area contributed by atoms with Crippen LogP contribution >= 0.6 is 11.3 Å². The van der Waals surface area contributed by atoms with Crippen LogP contribution in [0.15, 0.2) is 46.2 Å². The van der Waals surface area contributed by atoms with Crippen LogP contribution in [0.3, 0.4) is 0 Å². The van der Waals surface area contributed by atoms with Crippen molar-refractivity contribution in [2.45, 2.75) is 25.8 Å². The van der Waals surface area contributed by atoms with Crippen LogP contribution in [0.25, 0.3) is 11.5 Å². The van der Waals surface area contributed by atoms with Crippen molar-refractivity contribution in [2.24, 2.45) is 0 Å². The quantitative estimate of drug-likeness (QED) is 0.740. The number of thiazole rings is 1. The number of carbonyl (C=O) groups excluding carboxylic acids is 2. The number of amides is 2. The Kier molecular flexibility index (Phi) is 4.30. The van der Waals surface area contributed by atoms with Gasteiger partial charge in [-0.05, 0) is 30.7 Å². The van der Waals surface area contributed by atoms with E-state index in [1.54, 1.807) is 17.4 Å². The largest absolute Gasteiger partial charge is 0.458 e. The molecule has 7 heteroatoms. The molecule has 1 aromatic carbocycles. The Hall–Kier alpha value is -2.93. The highest BCUT2D eigenvalue weighted by Crippen LogP contribution is 2.32. The number of hydrogen-bond donors (Lipinski definition) is 2. The molecule has 0 radical (unpaired) electrons. The Morgan fingerprint density at radius 2 is 2.19 bits per heavy atom. The van der Waals surface area contributed by atoms with Crippen LogP contribution in [0.2, 0.25) is 0 Å². The van der Waals surface area contributed by atoms with Crippen LogP contribution in [0.5, 0.6) is 0 Å². The van der Waals surface area contributed by atoms with Crippen molar-refractivity contribution in [1.29, 1.82) is 0 Å². The number of carbonyl (C=O) groups is 2. The van der Waals surface area contributed by atoms with Gasteiger partial charge in [-0.25, -0.2) is 4.98 Å². The molecule has 0 aliphatic carbocycles. The number of fused-ring (bicyclic) bond motifs is 1. The van der Waals surface area contributed by atoms with Gasteiger partial charge in [-0.3, -0.25) is 9.59 Å². The van der Waals surface area contributed by atoms with Gasteiger partial charge in [0.25, 0.3) is 0 Å². The Bertz CT molecular complexity index is 976. The summed E-state index contributed by atoms with van der Waals surface area (Å²) in [5, 5.41) is 8.58. The highest BCUT2D eigenvalue weighted by atomic mass is 32.1. The van der Waals surface area contributed by atoms with Crippen LogP contribution in [0.1, 0.15) is 28.7 Å². The summed E-state index contributed by atoms with van der Waals surface area (Å²) in [6.07, 6.45) is 0.143. The van der Waals surface area contributed by atoms with Gasteiger partial charge in [0.1, 0.15) is 11.5 Å². The lowest BCUT2D eigenvalue weighted by atomic mass is 9.90. The summed E-state index contributed by atoms with van der Waals surface area (Å²) in [6.45, 7) is 2.21. The maximum Gasteiger partial charge on any atom is 0.228 e. The number of furan rings is 1. The number of nitrogens with zero attached hydrogens (tertiary/aromatic N) is 1. The van der Waals surface area contributed by atoms with E-state index in [-0.39, 0.29) is 24.8 Å². The number of aromatic nitrogens is 1. The first kappa shape index (κ1) is 16.5. The van der Waals surface area contributed by atoms with E-state index in [2.05, 4.69) is 15.6 Å². The first-order chi connectivity index (χ1) is 12.6. The van der Waals surface area contributed by atoms with Crippen molar-refractivity contribution in [3.63, 3.8) is 0 Å². The zero-order chi connectivity index (χ0) is 18.1. The molecule has 1 atom stereocenters. The Balaban J connectivity index is 1.45. The maximum absolute atomic E-state index is 12.6. The predicted octanol–water partition coefficient (Wildman–Crippen LogP) is 3.45. The van der Waals surface area contributed by atoms with E-state index in [1.807, 2.05) is 42.6 Å². The molecule has 2 N–H and O–H groups in total. The third kappa shape index (κ3) is 3.25. The molecule has 2 aromatic heterocycles. The molecular formula is C19H17N3O3S. The van der Waals surface area contributed by atoms with Crippen LogP contribution in [0.4, 0.5) is 5.69 Å². The molecule has 3 aromatic rings. The standard InChI is InChI=1S/C19H17N3O3S/c1-11-21-16(10-26-11)17-7-6-12(25-17)9-20-19(24)14-8-18(23)22-15-5-3-2-4-13(14)15/h2-7,10,14H,8-9H2,1H3,(H,20,24)(H,22,23). The third-order valence-electron chi connectivity index (χ3n) is 4.29. The zero-order valence-corrected chi connectivity index (χ0v) is 14.9. The molecule has 132 valence electrons. The van der Waals surface area contributed by atoms with Crippen LogP contribution in [-0.2, 0) is 16.1 Å². The Morgan fingerprint density at radius 1 is 1.35 bits per heavy atom. The van der Waals surface area contributed by atoms with Crippen LogP contribution in [-0.4, -0.2) is 16.8 Å². The predicted molar refractivity (Wildman–Crippen MR) is 98.8 cm³/mol. The van der Waals surface area contributed by atoms with Gasteiger partial charge in [0.15, 0.2) is 5.76 Å². The summed E-state index contributed by atoms with van der Waals surface area (Å²) in [5.41, 5.74) is 2.33.